The summed E-state index contributed by atoms with van der Waals surface area (Å²) in [6, 6.07) is 5.91. The summed E-state index contributed by atoms with van der Waals surface area (Å²) in [6.45, 7) is 0. The molecule has 0 aliphatic heterocycles. The van der Waals surface area contributed by atoms with Crippen molar-refractivity contribution in [3.63, 3.8) is 0 Å². The van der Waals surface area contributed by atoms with Crippen LogP contribution in [-0.2, 0) is 0 Å². The number of imidazole rings is 1. The maximum atomic E-state index is 12.8. The fraction of sp³-hybridized carbons (Fsp3) is 0. The maximum Gasteiger partial charge on any atom is 0.344 e. The van der Waals surface area contributed by atoms with Crippen LogP contribution in [0.4, 0.5) is 4.39 Å². The molecule has 1 aromatic heterocycles. The fourth-order valence-corrected chi connectivity index (χ4v) is 1.21. The summed E-state index contributed by atoms with van der Waals surface area (Å²) in [5, 5.41) is 0. The van der Waals surface area contributed by atoms with Crippen molar-refractivity contribution >= 4 is 0 Å². The molecule has 5 heteroatoms. The van der Waals surface area contributed by atoms with E-state index in [2.05, 4.69) is 4.98 Å². The van der Waals surface area contributed by atoms with Crippen LogP contribution < -0.4 is 11.5 Å². The second-order valence-electron chi connectivity index (χ2n) is 2.89. The van der Waals surface area contributed by atoms with Crippen LogP contribution in [0.3, 0.4) is 0 Å². The van der Waals surface area contributed by atoms with E-state index in [9.17, 15) is 9.18 Å². The van der Waals surface area contributed by atoms with Gasteiger partial charge in [0.05, 0.1) is 11.9 Å². The standard InChI is InChI=1S/C9H8FN3O/c10-7-3-1-2-6(4-7)8-5-13(11)9(14)12-8/h1-5H,11H2,(H,12,14). The Kier molecular flexibility index (Phi) is 1.85. The topological polar surface area (TPSA) is 63.8 Å². The average Bonchev–Trinajstić information content (AvgIpc) is 2.47. The van der Waals surface area contributed by atoms with Crippen molar-refractivity contribution in [2.24, 2.45) is 0 Å². The Morgan fingerprint density at radius 1 is 1.43 bits per heavy atom. The molecule has 0 radical (unpaired) electrons. The molecule has 0 saturated carbocycles. The summed E-state index contributed by atoms with van der Waals surface area (Å²) < 4.78 is 13.7. The van der Waals surface area contributed by atoms with Gasteiger partial charge in [-0.05, 0) is 12.1 Å². The zero-order valence-corrected chi connectivity index (χ0v) is 7.20. The maximum absolute atomic E-state index is 12.8. The lowest BCUT2D eigenvalue weighted by Gasteiger charge is -1.95. The van der Waals surface area contributed by atoms with E-state index in [1.807, 2.05) is 0 Å². The Morgan fingerprint density at radius 3 is 2.79 bits per heavy atom. The lowest BCUT2D eigenvalue weighted by Crippen LogP contribution is -2.22. The number of nitrogen functional groups attached to an aromatic ring is 1. The molecular weight excluding hydrogens is 185 g/mol. The van der Waals surface area contributed by atoms with Gasteiger partial charge in [-0.3, -0.25) is 0 Å². The first-order chi connectivity index (χ1) is 6.66. The number of aromatic nitrogens is 2. The van der Waals surface area contributed by atoms with E-state index in [0.717, 1.165) is 4.68 Å². The number of halogens is 1. The van der Waals surface area contributed by atoms with Gasteiger partial charge < -0.3 is 10.8 Å². The van der Waals surface area contributed by atoms with E-state index in [1.165, 1.54) is 18.3 Å². The second-order valence-corrected chi connectivity index (χ2v) is 2.89. The number of nitrogens with one attached hydrogen (secondary N) is 1. The van der Waals surface area contributed by atoms with Crippen molar-refractivity contribution in [1.82, 2.24) is 9.66 Å². The van der Waals surface area contributed by atoms with Gasteiger partial charge in [0.25, 0.3) is 0 Å². The molecule has 0 amide bonds. The molecule has 0 unspecified atom stereocenters. The predicted molar refractivity (Wildman–Crippen MR) is 50.6 cm³/mol. The second kappa shape index (κ2) is 3.02. The van der Waals surface area contributed by atoms with Crippen LogP contribution in [0.5, 0.6) is 0 Å². The zero-order valence-electron chi connectivity index (χ0n) is 7.20. The van der Waals surface area contributed by atoms with Gasteiger partial charge in [-0.2, -0.15) is 0 Å². The molecule has 0 aliphatic carbocycles. The minimum atomic E-state index is -0.427. The van der Waals surface area contributed by atoms with Crippen molar-refractivity contribution in [1.29, 1.82) is 0 Å². The molecule has 0 saturated heterocycles. The molecule has 72 valence electrons. The molecule has 1 aromatic carbocycles. The highest BCUT2D eigenvalue weighted by Gasteiger charge is 2.03. The van der Waals surface area contributed by atoms with Gasteiger partial charge in [-0.25, -0.2) is 13.9 Å². The number of nitrogens with two attached hydrogens (primary N) is 1. The molecule has 3 N–H and O–H groups in total. The largest absolute Gasteiger partial charge is 0.344 e. The first kappa shape index (κ1) is 8.55. The highest BCUT2D eigenvalue weighted by Crippen LogP contribution is 2.15. The Hall–Kier alpha value is -2.04. The van der Waals surface area contributed by atoms with Gasteiger partial charge in [0.2, 0.25) is 0 Å². The minimum Gasteiger partial charge on any atom is -0.335 e. The Labute approximate surface area is 78.8 Å². The molecule has 2 rings (SSSR count). The first-order valence-electron chi connectivity index (χ1n) is 3.99. The summed E-state index contributed by atoms with van der Waals surface area (Å²) in [5.74, 6) is 4.94. The number of H-pyrrole nitrogens is 1. The fourth-order valence-electron chi connectivity index (χ4n) is 1.21. The quantitative estimate of drug-likeness (QED) is 0.654. The third-order valence-corrected chi connectivity index (χ3v) is 1.88. The van der Waals surface area contributed by atoms with Gasteiger partial charge in [-0.1, -0.05) is 12.1 Å². The monoisotopic (exact) mass is 193 g/mol. The molecule has 0 fully saturated rings. The number of nitrogens with zero attached hydrogens (tertiary/aromatic N) is 1. The van der Waals surface area contributed by atoms with Crippen LogP contribution >= 0.6 is 0 Å². The van der Waals surface area contributed by atoms with Crippen molar-refractivity contribution in [3.8, 4) is 11.3 Å². The third-order valence-electron chi connectivity index (χ3n) is 1.88. The summed E-state index contributed by atoms with van der Waals surface area (Å²) >= 11 is 0. The molecule has 1 heterocycles. The Bertz CT molecular complexity index is 515. The van der Waals surface area contributed by atoms with Crippen LogP contribution in [0, 0.1) is 5.82 Å². The van der Waals surface area contributed by atoms with Crippen molar-refractivity contribution in [2.75, 3.05) is 5.84 Å². The van der Waals surface area contributed by atoms with Gasteiger partial charge >= 0.3 is 5.69 Å². The SMILES string of the molecule is Nn1cc(-c2cccc(F)c2)[nH]c1=O. The van der Waals surface area contributed by atoms with Gasteiger partial charge in [0, 0.05) is 5.56 Å². The zero-order chi connectivity index (χ0) is 10.1. The van der Waals surface area contributed by atoms with E-state index in [-0.39, 0.29) is 5.82 Å². The number of aromatic amines is 1. The van der Waals surface area contributed by atoms with Crippen molar-refractivity contribution in [2.45, 2.75) is 0 Å². The molecular formula is C9H8FN3O. The number of hydrogen-bond donors (Lipinski definition) is 2. The summed E-state index contributed by atoms with van der Waals surface area (Å²) in [5.41, 5.74) is 0.660. The van der Waals surface area contributed by atoms with Crippen LogP contribution in [0.25, 0.3) is 11.3 Å². The lowest BCUT2D eigenvalue weighted by atomic mass is 10.2. The normalized spacial score (nSPS) is 10.4. The van der Waals surface area contributed by atoms with Crippen molar-refractivity contribution < 1.29 is 4.39 Å². The molecule has 2 aromatic rings. The predicted octanol–water partition coefficient (Wildman–Crippen LogP) is 0.696. The van der Waals surface area contributed by atoms with Crippen LogP contribution in [0.1, 0.15) is 0 Å². The first-order valence-corrected chi connectivity index (χ1v) is 3.99. The summed E-state index contributed by atoms with van der Waals surface area (Å²) in [4.78, 5) is 13.5. The van der Waals surface area contributed by atoms with E-state index >= 15 is 0 Å². The average molecular weight is 193 g/mol. The van der Waals surface area contributed by atoms with Crippen LogP contribution in [-0.4, -0.2) is 9.66 Å². The third kappa shape index (κ3) is 1.39. The molecule has 0 aliphatic rings. The molecule has 0 spiro atoms. The van der Waals surface area contributed by atoms with E-state index < -0.39 is 5.69 Å². The van der Waals surface area contributed by atoms with Gasteiger partial charge in [0.1, 0.15) is 5.82 Å². The highest BCUT2D eigenvalue weighted by molar-refractivity contribution is 5.57. The Balaban J connectivity index is 2.54. The summed E-state index contributed by atoms with van der Waals surface area (Å²) in [6.07, 6.45) is 1.41. The van der Waals surface area contributed by atoms with E-state index in [0.29, 0.717) is 11.3 Å². The molecule has 0 bridgehead atoms. The molecule has 0 atom stereocenters. The Morgan fingerprint density at radius 2 is 2.21 bits per heavy atom. The number of hydrogen-bond acceptors (Lipinski definition) is 2. The number of benzene rings is 1. The minimum absolute atomic E-state index is 0.354. The molecule has 14 heavy (non-hydrogen) atoms. The van der Waals surface area contributed by atoms with E-state index in [4.69, 9.17) is 5.84 Å². The van der Waals surface area contributed by atoms with Gasteiger partial charge in [0.15, 0.2) is 0 Å². The van der Waals surface area contributed by atoms with Crippen molar-refractivity contribution in [3.05, 3.63) is 46.8 Å². The lowest BCUT2D eigenvalue weighted by molar-refractivity contribution is 0.628. The number of rotatable bonds is 1. The highest BCUT2D eigenvalue weighted by atomic mass is 19.1. The molecule has 4 nitrogen and oxygen atoms in total. The van der Waals surface area contributed by atoms with Crippen LogP contribution in [0.15, 0.2) is 35.3 Å². The van der Waals surface area contributed by atoms with E-state index in [1.54, 1.807) is 12.1 Å². The summed E-state index contributed by atoms with van der Waals surface area (Å²) in [7, 11) is 0. The van der Waals surface area contributed by atoms with Crippen LogP contribution in [0.2, 0.25) is 0 Å². The smallest absolute Gasteiger partial charge is 0.335 e. The van der Waals surface area contributed by atoms with Gasteiger partial charge in [-0.15, -0.1) is 0 Å².